The summed E-state index contributed by atoms with van der Waals surface area (Å²) in [6.07, 6.45) is -3.71. The van der Waals surface area contributed by atoms with Crippen LogP contribution in [0.2, 0.25) is 0 Å². The summed E-state index contributed by atoms with van der Waals surface area (Å²) in [7, 11) is 0. The highest BCUT2D eigenvalue weighted by Gasteiger charge is 2.41. The number of alkyl halides is 3. The highest BCUT2D eigenvalue weighted by molar-refractivity contribution is 5.74. The largest absolute Gasteiger partial charge is 0.410 e. The summed E-state index contributed by atoms with van der Waals surface area (Å²) in [5, 5.41) is 0. The minimum absolute atomic E-state index is 0.123. The molecule has 1 unspecified atom stereocenters. The third kappa shape index (κ3) is 2.08. The van der Waals surface area contributed by atoms with Crippen molar-refractivity contribution in [2.45, 2.75) is 12.2 Å². The third-order valence-corrected chi connectivity index (χ3v) is 2.61. The molecule has 1 heterocycles. The monoisotopic (exact) mass is 257 g/mol. The lowest BCUT2D eigenvalue weighted by Crippen LogP contribution is -2.39. The molecule has 1 aromatic heterocycles. The van der Waals surface area contributed by atoms with Crippen LogP contribution in [0, 0.1) is 0 Å². The average molecular weight is 257 g/mol. The molecular weight excluding hydrogens is 247 g/mol. The Bertz CT molecular complexity index is 621. The van der Waals surface area contributed by atoms with E-state index in [0.29, 0.717) is 10.1 Å². The molecule has 0 spiro atoms. The van der Waals surface area contributed by atoms with Gasteiger partial charge in [-0.1, -0.05) is 12.1 Å². The van der Waals surface area contributed by atoms with Gasteiger partial charge in [0, 0.05) is 6.54 Å². The maximum Gasteiger partial charge on any atom is 0.410 e. The van der Waals surface area contributed by atoms with E-state index in [1.54, 1.807) is 12.1 Å². The normalized spacial score (nSPS) is 13.8. The van der Waals surface area contributed by atoms with Gasteiger partial charge in [-0.05, 0) is 12.1 Å². The van der Waals surface area contributed by atoms with Crippen LogP contribution in [-0.4, -0.2) is 22.3 Å². The second kappa shape index (κ2) is 4.41. The van der Waals surface area contributed by atoms with Crippen molar-refractivity contribution in [2.75, 3.05) is 6.54 Å². The first kappa shape index (κ1) is 12.6. The van der Waals surface area contributed by atoms with Gasteiger partial charge in [0.15, 0.2) is 0 Å². The summed E-state index contributed by atoms with van der Waals surface area (Å²) in [4.78, 5) is 15.4. The standard InChI is InChI=1S/C11H10F3N3O/c12-11(13,14)9(5-15)17-8-4-2-1-3-7(8)16-6-10(17)18/h1-4,6,9H,5,15H2. The van der Waals surface area contributed by atoms with E-state index >= 15 is 0 Å². The van der Waals surface area contributed by atoms with Crippen molar-refractivity contribution in [3.05, 3.63) is 40.8 Å². The SMILES string of the molecule is NCC(n1c(=O)cnc2ccccc21)C(F)(F)F. The molecule has 0 aliphatic rings. The van der Waals surface area contributed by atoms with Gasteiger partial charge in [-0.25, -0.2) is 4.98 Å². The zero-order chi connectivity index (χ0) is 13.3. The molecule has 0 radical (unpaired) electrons. The van der Waals surface area contributed by atoms with Gasteiger partial charge in [0.25, 0.3) is 5.56 Å². The molecule has 0 saturated heterocycles. The summed E-state index contributed by atoms with van der Waals surface area (Å²) < 4.78 is 39.2. The van der Waals surface area contributed by atoms with Gasteiger partial charge >= 0.3 is 6.18 Å². The van der Waals surface area contributed by atoms with E-state index in [4.69, 9.17) is 5.73 Å². The Kier molecular flexibility index (Phi) is 3.08. The third-order valence-electron chi connectivity index (χ3n) is 2.61. The molecular formula is C11H10F3N3O. The fraction of sp³-hybridized carbons (Fsp3) is 0.273. The van der Waals surface area contributed by atoms with Gasteiger partial charge in [0.1, 0.15) is 6.04 Å². The predicted octanol–water partition coefficient (Wildman–Crippen LogP) is 1.46. The zero-order valence-electron chi connectivity index (χ0n) is 9.19. The molecule has 1 aromatic carbocycles. The second-order valence-electron chi connectivity index (χ2n) is 3.75. The van der Waals surface area contributed by atoms with Crippen molar-refractivity contribution < 1.29 is 13.2 Å². The molecule has 0 aliphatic heterocycles. The van der Waals surface area contributed by atoms with E-state index in [2.05, 4.69) is 4.98 Å². The van der Waals surface area contributed by atoms with Gasteiger partial charge in [0.05, 0.1) is 17.2 Å². The molecule has 2 N–H and O–H groups in total. The number of fused-ring (bicyclic) bond motifs is 1. The van der Waals surface area contributed by atoms with Gasteiger partial charge in [-0.2, -0.15) is 13.2 Å². The maximum absolute atomic E-state index is 12.9. The van der Waals surface area contributed by atoms with E-state index in [0.717, 1.165) is 6.20 Å². The predicted molar refractivity (Wildman–Crippen MR) is 60.1 cm³/mol. The van der Waals surface area contributed by atoms with Crippen molar-refractivity contribution >= 4 is 11.0 Å². The molecule has 7 heteroatoms. The number of para-hydroxylation sites is 2. The molecule has 0 aliphatic carbocycles. The number of hydrogen-bond donors (Lipinski definition) is 1. The van der Waals surface area contributed by atoms with Crippen LogP contribution in [0.4, 0.5) is 13.2 Å². The molecule has 18 heavy (non-hydrogen) atoms. The van der Waals surface area contributed by atoms with Crippen LogP contribution in [0.5, 0.6) is 0 Å². The average Bonchev–Trinajstić information content (AvgIpc) is 2.31. The van der Waals surface area contributed by atoms with Crippen molar-refractivity contribution in [1.29, 1.82) is 0 Å². The highest BCUT2D eigenvalue weighted by Crippen LogP contribution is 2.30. The smallest absolute Gasteiger partial charge is 0.328 e. The number of nitrogens with zero attached hydrogens (tertiary/aromatic N) is 2. The van der Waals surface area contributed by atoms with Crippen LogP contribution in [-0.2, 0) is 0 Å². The highest BCUT2D eigenvalue weighted by atomic mass is 19.4. The summed E-state index contributed by atoms with van der Waals surface area (Å²) in [5.41, 5.74) is 4.77. The first-order valence-corrected chi connectivity index (χ1v) is 5.18. The lowest BCUT2D eigenvalue weighted by atomic mass is 10.2. The molecule has 4 nitrogen and oxygen atoms in total. The lowest BCUT2D eigenvalue weighted by Gasteiger charge is -2.22. The molecule has 0 saturated carbocycles. The number of aromatic nitrogens is 2. The molecule has 0 fully saturated rings. The number of halogens is 3. The Morgan fingerprint density at radius 2 is 2.00 bits per heavy atom. The summed E-state index contributed by atoms with van der Waals surface area (Å²) >= 11 is 0. The molecule has 0 amide bonds. The number of nitrogens with two attached hydrogens (primary N) is 1. The van der Waals surface area contributed by atoms with Crippen LogP contribution in [0.25, 0.3) is 11.0 Å². The summed E-state index contributed by atoms with van der Waals surface area (Å²) in [6, 6.07) is 4.09. The fourth-order valence-corrected chi connectivity index (χ4v) is 1.79. The topological polar surface area (TPSA) is 60.9 Å². The Morgan fingerprint density at radius 1 is 1.33 bits per heavy atom. The van der Waals surface area contributed by atoms with Crippen LogP contribution >= 0.6 is 0 Å². The van der Waals surface area contributed by atoms with Crippen LogP contribution in [0.1, 0.15) is 6.04 Å². The Balaban J connectivity index is 2.76. The van der Waals surface area contributed by atoms with E-state index in [-0.39, 0.29) is 5.52 Å². The van der Waals surface area contributed by atoms with Crippen LogP contribution in [0.3, 0.4) is 0 Å². The molecule has 1 atom stereocenters. The molecule has 2 aromatic rings. The van der Waals surface area contributed by atoms with Crippen molar-refractivity contribution in [3.8, 4) is 0 Å². The Hall–Kier alpha value is -1.89. The Labute approximate surface area is 99.9 Å². The first-order valence-electron chi connectivity index (χ1n) is 5.18. The van der Waals surface area contributed by atoms with E-state index < -0.39 is 24.3 Å². The maximum atomic E-state index is 12.9. The van der Waals surface area contributed by atoms with Crippen LogP contribution in [0.15, 0.2) is 35.3 Å². The summed E-state index contributed by atoms with van der Waals surface area (Å²) in [6.45, 7) is -0.697. The minimum atomic E-state index is -4.58. The lowest BCUT2D eigenvalue weighted by molar-refractivity contribution is -0.164. The number of hydrogen-bond acceptors (Lipinski definition) is 3. The van der Waals surface area contributed by atoms with Crippen molar-refractivity contribution in [1.82, 2.24) is 9.55 Å². The molecule has 96 valence electrons. The number of rotatable bonds is 2. The summed E-state index contributed by atoms with van der Waals surface area (Å²) in [5.74, 6) is 0. The van der Waals surface area contributed by atoms with E-state index in [1.807, 2.05) is 0 Å². The van der Waals surface area contributed by atoms with Crippen LogP contribution < -0.4 is 11.3 Å². The second-order valence-corrected chi connectivity index (χ2v) is 3.75. The molecule has 2 rings (SSSR count). The zero-order valence-corrected chi connectivity index (χ0v) is 9.19. The van der Waals surface area contributed by atoms with Crippen molar-refractivity contribution in [3.63, 3.8) is 0 Å². The van der Waals surface area contributed by atoms with Gasteiger partial charge < -0.3 is 5.73 Å². The van der Waals surface area contributed by atoms with Crippen molar-refractivity contribution in [2.24, 2.45) is 5.73 Å². The Morgan fingerprint density at radius 3 is 2.61 bits per heavy atom. The quantitative estimate of drug-likeness (QED) is 0.886. The van der Waals surface area contributed by atoms with E-state index in [1.165, 1.54) is 12.1 Å². The fourth-order valence-electron chi connectivity index (χ4n) is 1.79. The molecule has 0 bridgehead atoms. The van der Waals surface area contributed by atoms with Gasteiger partial charge in [0.2, 0.25) is 0 Å². The minimum Gasteiger partial charge on any atom is -0.328 e. The van der Waals surface area contributed by atoms with Gasteiger partial charge in [-0.15, -0.1) is 0 Å². The number of benzene rings is 1. The van der Waals surface area contributed by atoms with Gasteiger partial charge in [-0.3, -0.25) is 9.36 Å². The van der Waals surface area contributed by atoms with E-state index in [9.17, 15) is 18.0 Å². The first-order chi connectivity index (χ1) is 8.45.